The molecule has 0 rings (SSSR count). The molecule has 0 fully saturated rings. The number of carbonyl (C=O) groups excluding carboxylic acids is 1. The van der Waals surface area contributed by atoms with Gasteiger partial charge in [0.2, 0.25) is 5.91 Å². The zero-order valence-corrected chi connectivity index (χ0v) is 8.60. The van der Waals surface area contributed by atoms with Gasteiger partial charge in [-0.15, -0.1) is 0 Å². The van der Waals surface area contributed by atoms with Crippen molar-refractivity contribution >= 4 is 5.91 Å². The molecule has 4 N–H and O–H groups in total. The molecule has 0 aliphatic rings. The van der Waals surface area contributed by atoms with Crippen molar-refractivity contribution in [1.82, 2.24) is 10.6 Å². The maximum absolute atomic E-state index is 11.2. The van der Waals surface area contributed by atoms with Gasteiger partial charge in [-0.3, -0.25) is 4.79 Å². The Kier molecular flexibility index (Phi) is 7.63. The summed E-state index contributed by atoms with van der Waals surface area (Å²) in [5.41, 5.74) is 5.27. The fourth-order valence-electron chi connectivity index (χ4n) is 1.08. The van der Waals surface area contributed by atoms with Crippen molar-refractivity contribution in [2.45, 2.75) is 32.7 Å². The first-order valence-corrected chi connectivity index (χ1v) is 4.94. The van der Waals surface area contributed by atoms with Crippen molar-refractivity contribution in [3.63, 3.8) is 0 Å². The van der Waals surface area contributed by atoms with E-state index in [0.29, 0.717) is 25.7 Å². The van der Waals surface area contributed by atoms with Crippen LogP contribution in [0.2, 0.25) is 0 Å². The lowest BCUT2D eigenvalue weighted by atomic mass is 10.2. The summed E-state index contributed by atoms with van der Waals surface area (Å²) in [7, 11) is 0. The van der Waals surface area contributed by atoms with Crippen LogP contribution in [-0.4, -0.2) is 31.6 Å². The minimum absolute atomic E-state index is 0.0575. The molecule has 1 amide bonds. The minimum Gasteiger partial charge on any atom is -0.352 e. The molecule has 78 valence electrons. The van der Waals surface area contributed by atoms with Gasteiger partial charge < -0.3 is 16.4 Å². The highest BCUT2D eigenvalue weighted by atomic mass is 16.1. The molecule has 0 saturated heterocycles. The highest BCUT2D eigenvalue weighted by Gasteiger charge is 2.06. The summed E-state index contributed by atoms with van der Waals surface area (Å²) in [6, 6.07) is 0.312. The Balaban J connectivity index is 3.48. The number of carbonyl (C=O) groups is 1. The molecule has 0 aromatic heterocycles. The summed E-state index contributed by atoms with van der Waals surface area (Å²) in [5, 5.41) is 5.88. The lowest BCUT2D eigenvalue weighted by Crippen LogP contribution is -2.40. The van der Waals surface area contributed by atoms with E-state index >= 15 is 0 Å². The summed E-state index contributed by atoms with van der Waals surface area (Å²) < 4.78 is 0. The van der Waals surface area contributed by atoms with Gasteiger partial charge in [-0.05, 0) is 12.8 Å². The van der Waals surface area contributed by atoms with E-state index in [1.807, 2.05) is 0 Å². The van der Waals surface area contributed by atoms with Crippen molar-refractivity contribution in [2.24, 2.45) is 5.73 Å². The Morgan fingerprint density at radius 1 is 1.38 bits per heavy atom. The Hall–Kier alpha value is -0.610. The van der Waals surface area contributed by atoms with Crippen LogP contribution in [0.25, 0.3) is 0 Å². The molecule has 0 atom stereocenters. The molecule has 0 radical (unpaired) electrons. The van der Waals surface area contributed by atoms with Gasteiger partial charge >= 0.3 is 0 Å². The standard InChI is InChI=1S/C9H21N3O/c1-3-8(4-2)12-9(13)7-11-6-5-10/h8,11H,3-7,10H2,1-2H3,(H,12,13). The second-order valence-corrected chi connectivity index (χ2v) is 3.05. The quantitative estimate of drug-likeness (QED) is 0.485. The average molecular weight is 187 g/mol. The van der Waals surface area contributed by atoms with Crippen LogP contribution in [0.3, 0.4) is 0 Å². The van der Waals surface area contributed by atoms with E-state index in [4.69, 9.17) is 5.73 Å². The van der Waals surface area contributed by atoms with Crippen molar-refractivity contribution in [3.05, 3.63) is 0 Å². The highest BCUT2D eigenvalue weighted by molar-refractivity contribution is 5.78. The zero-order valence-electron chi connectivity index (χ0n) is 8.60. The number of hydrogen-bond acceptors (Lipinski definition) is 3. The summed E-state index contributed by atoms with van der Waals surface area (Å²) >= 11 is 0. The molecule has 0 heterocycles. The summed E-state index contributed by atoms with van der Waals surface area (Å²) in [5.74, 6) is 0.0575. The molecule has 0 spiro atoms. The molecule has 0 unspecified atom stereocenters. The van der Waals surface area contributed by atoms with E-state index in [-0.39, 0.29) is 5.91 Å². The smallest absolute Gasteiger partial charge is 0.234 e. The third kappa shape index (κ3) is 6.54. The van der Waals surface area contributed by atoms with Crippen molar-refractivity contribution in [2.75, 3.05) is 19.6 Å². The van der Waals surface area contributed by atoms with Crippen LogP contribution < -0.4 is 16.4 Å². The Morgan fingerprint density at radius 2 is 2.00 bits per heavy atom. The molecular formula is C9H21N3O. The maximum atomic E-state index is 11.2. The second kappa shape index (κ2) is 8.01. The van der Waals surface area contributed by atoms with Crippen LogP contribution in [0.5, 0.6) is 0 Å². The molecule has 0 bridgehead atoms. The molecule has 4 nitrogen and oxygen atoms in total. The number of nitrogens with one attached hydrogen (secondary N) is 2. The van der Waals surface area contributed by atoms with E-state index in [2.05, 4.69) is 24.5 Å². The molecule has 0 aromatic carbocycles. The van der Waals surface area contributed by atoms with E-state index in [9.17, 15) is 4.79 Å². The molecule has 4 heteroatoms. The topological polar surface area (TPSA) is 67.2 Å². The first-order valence-electron chi connectivity index (χ1n) is 4.94. The lowest BCUT2D eigenvalue weighted by Gasteiger charge is -2.14. The van der Waals surface area contributed by atoms with Gasteiger partial charge in [0.1, 0.15) is 0 Å². The first-order chi connectivity index (χ1) is 6.24. The van der Waals surface area contributed by atoms with Gasteiger partial charge in [0.05, 0.1) is 6.54 Å². The van der Waals surface area contributed by atoms with Crippen LogP contribution in [0.1, 0.15) is 26.7 Å². The maximum Gasteiger partial charge on any atom is 0.234 e. The summed E-state index contributed by atoms with van der Waals surface area (Å²) in [6.07, 6.45) is 1.97. The Morgan fingerprint density at radius 3 is 2.46 bits per heavy atom. The van der Waals surface area contributed by atoms with Gasteiger partial charge in [-0.1, -0.05) is 13.8 Å². The predicted molar refractivity (Wildman–Crippen MR) is 54.4 cm³/mol. The third-order valence-electron chi connectivity index (χ3n) is 1.96. The van der Waals surface area contributed by atoms with Gasteiger partial charge in [0.25, 0.3) is 0 Å². The van der Waals surface area contributed by atoms with E-state index in [1.165, 1.54) is 0 Å². The Bertz CT molecular complexity index is 135. The minimum atomic E-state index is 0.0575. The molecule has 0 aliphatic heterocycles. The van der Waals surface area contributed by atoms with Crippen LogP contribution in [0.4, 0.5) is 0 Å². The van der Waals surface area contributed by atoms with Crippen LogP contribution in [-0.2, 0) is 4.79 Å². The molecule has 0 aliphatic carbocycles. The summed E-state index contributed by atoms with van der Waals surface area (Å²) in [4.78, 5) is 11.2. The number of amides is 1. The first kappa shape index (κ1) is 12.4. The number of nitrogens with two attached hydrogens (primary N) is 1. The molecule has 0 aromatic rings. The highest BCUT2D eigenvalue weighted by Crippen LogP contribution is 1.94. The largest absolute Gasteiger partial charge is 0.352 e. The summed E-state index contributed by atoms with van der Waals surface area (Å²) in [6.45, 7) is 5.77. The van der Waals surface area contributed by atoms with Gasteiger partial charge in [-0.2, -0.15) is 0 Å². The van der Waals surface area contributed by atoms with Gasteiger partial charge in [-0.25, -0.2) is 0 Å². The van der Waals surface area contributed by atoms with Crippen LogP contribution in [0.15, 0.2) is 0 Å². The van der Waals surface area contributed by atoms with Gasteiger partial charge in [0.15, 0.2) is 0 Å². The Labute approximate surface area is 80.3 Å². The monoisotopic (exact) mass is 187 g/mol. The van der Waals surface area contributed by atoms with Crippen molar-refractivity contribution < 1.29 is 4.79 Å². The molecule has 13 heavy (non-hydrogen) atoms. The van der Waals surface area contributed by atoms with Crippen molar-refractivity contribution in [3.8, 4) is 0 Å². The predicted octanol–water partition coefficient (Wildman–Crippen LogP) is -0.160. The molecular weight excluding hydrogens is 166 g/mol. The zero-order chi connectivity index (χ0) is 10.1. The third-order valence-corrected chi connectivity index (χ3v) is 1.96. The average Bonchev–Trinajstić information content (AvgIpc) is 2.14. The SMILES string of the molecule is CCC(CC)NC(=O)CNCCN. The lowest BCUT2D eigenvalue weighted by molar-refractivity contribution is -0.121. The van der Waals surface area contributed by atoms with Gasteiger partial charge in [0, 0.05) is 19.1 Å². The number of hydrogen-bond donors (Lipinski definition) is 3. The van der Waals surface area contributed by atoms with Crippen LogP contribution in [0, 0.1) is 0 Å². The molecule has 0 saturated carbocycles. The number of rotatable bonds is 7. The van der Waals surface area contributed by atoms with Crippen LogP contribution >= 0.6 is 0 Å². The normalized spacial score (nSPS) is 10.5. The van der Waals surface area contributed by atoms with E-state index < -0.39 is 0 Å². The van der Waals surface area contributed by atoms with Crippen molar-refractivity contribution in [1.29, 1.82) is 0 Å². The van der Waals surface area contributed by atoms with E-state index in [1.54, 1.807) is 0 Å². The second-order valence-electron chi connectivity index (χ2n) is 3.05. The fourth-order valence-corrected chi connectivity index (χ4v) is 1.08. The van der Waals surface area contributed by atoms with E-state index in [0.717, 1.165) is 12.8 Å². The fraction of sp³-hybridized carbons (Fsp3) is 0.889.